The summed E-state index contributed by atoms with van der Waals surface area (Å²) in [6.45, 7) is 6.13. The van der Waals surface area contributed by atoms with Crippen LogP contribution in [0.4, 0.5) is 0 Å². The lowest BCUT2D eigenvalue weighted by atomic mass is 10.2. The second-order valence-corrected chi connectivity index (χ2v) is 6.01. The minimum atomic E-state index is -0.0843. The van der Waals surface area contributed by atoms with Gasteiger partial charge >= 0.3 is 0 Å². The number of aromatic nitrogens is 1. The summed E-state index contributed by atoms with van der Waals surface area (Å²) in [5.74, 6) is 0.588. The highest BCUT2D eigenvalue weighted by Gasteiger charge is 2.08. The van der Waals surface area contributed by atoms with Gasteiger partial charge in [-0.25, -0.2) is 0 Å². The lowest BCUT2D eigenvalue weighted by Crippen LogP contribution is -2.36. The number of ether oxygens (including phenoxy) is 1. The number of carbonyl (C=O) groups excluding carboxylic acids is 1. The molecule has 0 saturated carbocycles. The van der Waals surface area contributed by atoms with Crippen molar-refractivity contribution in [3.8, 4) is 5.75 Å². The molecule has 0 bridgehead atoms. The molecule has 1 heterocycles. The standard InChI is InChI=1S/C19H25N3O2/c1-15(2)22(3)11-10-21-19(23)17-7-4-8-18(12-17)24-14-16-6-5-9-20-13-16/h4-9,12-13,15H,10-11,14H2,1-3H3,(H,21,23). The van der Waals surface area contributed by atoms with Gasteiger partial charge in [0.15, 0.2) is 0 Å². The van der Waals surface area contributed by atoms with Crippen LogP contribution >= 0.6 is 0 Å². The Bertz CT molecular complexity index is 644. The van der Waals surface area contributed by atoms with E-state index in [1.165, 1.54) is 0 Å². The maximum Gasteiger partial charge on any atom is 0.251 e. The largest absolute Gasteiger partial charge is 0.489 e. The van der Waals surface area contributed by atoms with E-state index in [9.17, 15) is 4.79 Å². The predicted octanol–water partition coefficient (Wildman–Crippen LogP) is 2.73. The molecule has 24 heavy (non-hydrogen) atoms. The van der Waals surface area contributed by atoms with Crippen LogP contribution in [0.15, 0.2) is 48.8 Å². The van der Waals surface area contributed by atoms with Gasteiger partial charge in [-0.05, 0) is 45.2 Å². The number of carbonyl (C=O) groups is 1. The van der Waals surface area contributed by atoms with Gasteiger partial charge in [-0.15, -0.1) is 0 Å². The summed E-state index contributed by atoms with van der Waals surface area (Å²) in [5.41, 5.74) is 1.59. The highest BCUT2D eigenvalue weighted by atomic mass is 16.5. The third-order valence-electron chi connectivity index (χ3n) is 3.86. The lowest BCUT2D eigenvalue weighted by Gasteiger charge is -2.20. The third-order valence-corrected chi connectivity index (χ3v) is 3.86. The lowest BCUT2D eigenvalue weighted by molar-refractivity contribution is 0.0947. The molecular formula is C19H25N3O2. The molecule has 0 aliphatic heterocycles. The molecule has 0 spiro atoms. The first-order valence-corrected chi connectivity index (χ1v) is 8.16. The number of pyridine rings is 1. The van der Waals surface area contributed by atoms with Crippen molar-refractivity contribution in [3.05, 3.63) is 59.9 Å². The maximum absolute atomic E-state index is 12.2. The van der Waals surface area contributed by atoms with Crippen LogP contribution in [0.1, 0.15) is 29.8 Å². The SMILES string of the molecule is CC(C)N(C)CCNC(=O)c1cccc(OCc2cccnc2)c1. The molecule has 1 amide bonds. The molecule has 2 rings (SSSR count). The van der Waals surface area contributed by atoms with E-state index in [-0.39, 0.29) is 5.91 Å². The normalized spacial score (nSPS) is 10.9. The van der Waals surface area contributed by atoms with Crippen molar-refractivity contribution in [2.45, 2.75) is 26.5 Å². The van der Waals surface area contributed by atoms with Crippen LogP contribution in [-0.2, 0) is 6.61 Å². The van der Waals surface area contributed by atoms with Gasteiger partial charge in [0.25, 0.3) is 5.91 Å². The Hall–Kier alpha value is -2.40. The van der Waals surface area contributed by atoms with Gasteiger partial charge in [0.1, 0.15) is 12.4 Å². The number of amides is 1. The van der Waals surface area contributed by atoms with E-state index in [4.69, 9.17) is 4.74 Å². The van der Waals surface area contributed by atoms with Gasteiger partial charge < -0.3 is 15.0 Å². The Morgan fingerprint density at radius 1 is 1.29 bits per heavy atom. The number of nitrogens with one attached hydrogen (secondary N) is 1. The van der Waals surface area contributed by atoms with Crippen molar-refractivity contribution in [2.75, 3.05) is 20.1 Å². The second kappa shape index (κ2) is 9.03. The van der Waals surface area contributed by atoms with Crippen LogP contribution in [0.5, 0.6) is 5.75 Å². The molecule has 2 aromatic rings. The molecule has 0 unspecified atom stereocenters. The van der Waals surface area contributed by atoms with Crippen molar-refractivity contribution in [1.82, 2.24) is 15.2 Å². The minimum absolute atomic E-state index is 0.0843. The first-order valence-electron chi connectivity index (χ1n) is 8.16. The first kappa shape index (κ1) is 17.9. The maximum atomic E-state index is 12.2. The van der Waals surface area contributed by atoms with Gasteiger partial charge in [0.2, 0.25) is 0 Å². The quantitative estimate of drug-likeness (QED) is 0.810. The molecule has 0 fully saturated rings. The highest BCUT2D eigenvalue weighted by Crippen LogP contribution is 2.15. The van der Waals surface area contributed by atoms with Crippen molar-refractivity contribution >= 4 is 5.91 Å². The summed E-state index contributed by atoms with van der Waals surface area (Å²) in [5, 5.41) is 2.94. The Morgan fingerprint density at radius 3 is 2.83 bits per heavy atom. The van der Waals surface area contributed by atoms with Crippen molar-refractivity contribution in [1.29, 1.82) is 0 Å². The zero-order chi connectivity index (χ0) is 17.4. The number of hydrogen-bond acceptors (Lipinski definition) is 4. The predicted molar refractivity (Wildman–Crippen MR) is 95.1 cm³/mol. The van der Waals surface area contributed by atoms with Crippen molar-refractivity contribution in [2.24, 2.45) is 0 Å². The Kier molecular flexibility index (Phi) is 6.75. The number of hydrogen-bond donors (Lipinski definition) is 1. The minimum Gasteiger partial charge on any atom is -0.489 e. The van der Waals surface area contributed by atoms with E-state index in [1.807, 2.05) is 31.3 Å². The summed E-state index contributed by atoms with van der Waals surface area (Å²) in [6.07, 6.45) is 3.49. The summed E-state index contributed by atoms with van der Waals surface area (Å²) in [7, 11) is 2.05. The molecule has 0 atom stereocenters. The zero-order valence-electron chi connectivity index (χ0n) is 14.5. The van der Waals surface area contributed by atoms with Gasteiger partial charge in [0, 0.05) is 42.7 Å². The van der Waals surface area contributed by atoms with Gasteiger partial charge in [-0.2, -0.15) is 0 Å². The van der Waals surface area contributed by atoms with Crippen LogP contribution in [0, 0.1) is 0 Å². The second-order valence-electron chi connectivity index (χ2n) is 6.01. The summed E-state index contributed by atoms with van der Waals surface area (Å²) >= 11 is 0. The Labute approximate surface area is 143 Å². The molecule has 0 radical (unpaired) electrons. The molecule has 128 valence electrons. The van der Waals surface area contributed by atoms with E-state index < -0.39 is 0 Å². The van der Waals surface area contributed by atoms with Crippen LogP contribution in [-0.4, -0.2) is 42.0 Å². The van der Waals surface area contributed by atoms with Gasteiger partial charge in [-0.1, -0.05) is 12.1 Å². The summed E-state index contributed by atoms with van der Waals surface area (Å²) in [4.78, 5) is 18.5. The van der Waals surface area contributed by atoms with E-state index in [0.29, 0.717) is 30.5 Å². The molecule has 0 saturated heterocycles. The average Bonchev–Trinajstić information content (AvgIpc) is 2.60. The Morgan fingerprint density at radius 2 is 2.12 bits per heavy atom. The monoisotopic (exact) mass is 327 g/mol. The summed E-state index contributed by atoms with van der Waals surface area (Å²) in [6, 6.07) is 11.5. The van der Waals surface area contributed by atoms with E-state index in [2.05, 4.69) is 29.0 Å². The Balaban J connectivity index is 1.86. The van der Waals surface area contributed by atoms with Crippen LogP contribution in [0.25, 0.3) is 0 Å². The smallest absolute Gasteiger partial charge is 0.251 e. The van der Waals surface area contributed by atoms with Crippen LogP contribution in [0.3, 0.4) is 0 Å². The van der Waals surface area contributed by atoms with E-state index in [0.717, 1.165) is 12.1 Å². The zero-order valence-corrected chi connectivity index (χ0v) is 14.5. The average molecular weight is 327 g/mol. The fourth-order valence-electron chi connectivity index (χ4n) is 2.08. The molecule has 5 nitrogen and oxygen atoms in total. The van der Waals surface area contributed by atoms with Crippen molar-refractivity contribution < 1.29 is 9.53 Å². The molecule has 5 heteroatoms. The molecule has 0 aliphatic rings. The number of rotatable bonds is 8. The molecule has 1 N–H and O–H groups in total. The third kappa shape index (κ3) is 5.66. The topological polar surface area (TPSA) is 54.5 Å². The molecular weight excluding hydrogens is 302 g/mol. The molecule has 1 aromatic heterocycles. The van der Waals surface area contributed by atoms with Gasteiger partial charge in [-0.3, -0.25) is 9.78 Å². The molecule has 0 aliphatic carbocycles. The van der Waals surface area contributed by atoms with Crippen molar-refractivity contribution in [3.63, 3.8) is 0 Å². The first-order chi connectivity index (χ1) is 11.6. The fourth-order valence-corrected chi connectivity index (χ4v) is 2.08. The highest BCUT2D eigenvalue weighted by molar-refractivity contribution is 5.94. The van der Waals surface area contributed by atoms with Crippen LogP contribution < -0.4 is 10.1 Å². The summed E-state index contributed by atoms with van der Waals surface area (Å²) < 4.78 is 5.73. The van der Waals surface area contributed by atoms with Crippen LogP contribution in [0.2, 0.25) is 0 Å². The fraction of sp³-hybridized carbons (Fsp3) is 0.368. The number of nitrogens with zero attached hydrogens (tertiary/aromatic N) is 2. The van der Waals surface area contributed by atoms with Gasteiger partial charge in [0.05, 0.1) is 0 Å². The molecule has 1 aromatic carbocycles. The van der Waals surface area contributed by atoms with E-state index in [1.54, 1.807) is 24.5 Å². The number of likely N-dealkylation sites (N-methyl/N-ethyl adjacent to an activating group) is 1. The van der Waals surface area contributed by atoms with E-state index >= 15 is 0 Å². The number of benzene rings is 1.